The second-order valence-electron chi connectivity index (χ2n) is 6.39. The van der Waals surface area contributed by atoms with Crippen LogP contribution in [0.2, 0.25) is 10.0 Å². The van der Waals surface area contributed by atoms with E-state index in [-0.39, 0.29) is 23.4 Å². The summed E-state index contributed by atoms with van der Waals surface area (Å²) in [5.74, 6) is -1.11. The van der Waals surface area contributed by atoms with Gasteiger partial charge < -0.3 is 5.32 Å². The standard InChI is InChI=1S/C19H18Cl2FN3O2/c1-10(12-7-15(22)14(21)8-13(12)20)23-11(2)19(27)25-9-18(26)24-16-5-3-4-6-17(16)25/h3-8,10-11,23H,9H2,1-2H3,(H,24,26)/t10-,11+/m0/s1. The number of amides is 2. The Morgan fingerprint density at radius 3 is 2.67 bits per heavy atom. The number of hydrogen-bond acceptors (Lipinski definition) is 3. The minimum absolute atomic E-state index is 0.0592. The highest BCUT2D eigenvalue weighted by Crippen LogP contribution is 2.31. The molecule has 0 saturated heterocycles. The molecule has 2 N–H and O–H groups in total. The summed E-state index contributed by atoms with van der Waals surface area (Å²) in [6.07, 6.45) is 0. The first-order valence-electron chi connectivity index (χ1n) is 8.38. The van der Waals surface area contributed by atoms with Crippen LogP contribution in [0.1, 0.15) is 25.5 Å². The molecule has 0 bridgehead atoms. The summed E-state index contributed by atoms with van der Waals surface area (Å²) in [5, 5.41) is 6.10. The van der Waals surface area contributed by atoms with Crippen LogP contribution >= 0.6 is 23.2 Å². The summed E-state index contributed by atoms with van der Waals surface area (Å²) in [6, 6.07) is 8.65. The molecule has 5 nitrogen and oxygen atoms in total. The second kappa shape index (κ2) is 7.84. The first-order valence-corrected chi connectivity index (χ1v) is 9.14. The Bertz CT molecular complexity index is 907. The molecule has 1 aliphatic heterocycles. The first kappa shape index (κ1) is 19.6. The highest BCUT2D eigenvalue weighted by Gasteiger charge is 2.30. The van der Waals surface area contributed by atoms with Crippen molar-refractivity contribution in [1.29, 1.82) is 0 Å². The Morgan fingerprint density at radius 1 is 1.22 bits per heavy atom. The SMILES string of the molecule is C[C@H](N[C@H](C)C(=O)N1CC(=O)Nc2ccccc21)c1cc(F)c(Cl)cc1Cl. The predicted molar refractivity (Wildman–Crippen MR) is 105 cm³/mol. The molecule has 0 spiro atoms. The van der Waals surface area contributed by atoms with Crippen LogP contribution in [0, 0.1) is 5.82 Å². The van der Waals surface area contributed by atoms with E-state index in [1.54, 1.807) is 38.1 Å². The number of para-hydroxylation sites is 2. The van der Waals surface area contributed by atoms with Gasteiger partial charge in [-0.15, -0.1) is 0 Å². The van der Waals surface area contributed by atoms with Crippen LogP contribution in [0.25, 0.3) is 0 Å². The molecule has 0 aliphatic carbocycles. The number of nitrogens with one attached hydrogen (secondary N) is 2. The van der Waals surface area contributed by atoms with Crippen molar-refractivity contribution in [2.75, 3.05) is 16.8 Å². The fraction of sp³-hybridized carbons (Fsp3) is 0.263. The predicted octanol–water partition coefficient (Wildman–Crippen LogP) is 4.16. The van der Waals surface area contributed by atoms with Gasteiger partial charge in [-0.2, -0.15) is 0 Å². The van der Waals surface area contributed by atoms with Gasteiger partial charge in [-0.25, -0.2) is 4.39 Å². The van der Waals surface area contributed by atoms with Crippen LogP contribution in [0.5, 0.6) is 0 Å². The van der Waals surface area contributed by atoms with E-state index < -0.39 is 17.9 Å². The maximum absolute atomic E-state index is 13.8. The molecule has 0 fully saturated rings. The number of benzene rings is 2. The molecule has 1 heterocycles. The van der Waals surface area contributed by atoms with E-state index in [1.165, 1.54) is 17.0 Å². The molecular formula is C19H18Cl2FN3O2. The lowest BCUT2D eigenvalue weighted by Crippen LogP contribution is -2.50. The van der Waals surface area contributed by atoms with E-state index in [1.807, 2.05) is 0 Å². The Hall–Kier alpha value is -2.15. The van der Waals surface area contributed by atoms with E-state index in [4.69, 9.17) is 23.2 Å². The summed E-state index contributed by atoms with van der Waals surface area (Å²) < 4.78 is 13.8. The molecule has 0 unspecified atom stereocenters. The van der Waals surface area contributed by atoms with Crippen LogP contribution in [0.15, 0.2) is 36.4 Å². The second-order valence-corrected chi connectivity index (χ2v) is 7.20. The highest BCUT2D eigenvalue weighted by atomic mass is 35.5. The number of anilines is 2. The molecule has 2 aromatic rings. The summed E-state index contributed by atoms with van der Waals surface area (Å²) in [4.78, 5) is 26.3. The quantitative estimate of drug-likeness (QED) is 0.745. The van der Waals surface area contributed by atoms with Crippen molar-refractivity contribution < 1.29 is 14.0 Å². The van der Waals surface area contributed by atoms with Gasteiger partial charge in [0.1, 0.15) is 12.4 Å². The average Bonchev–Trinajstić information content (AvgIpc) is 2.63. The van der Waals surface area contributed by atoms with Gasteiger partial charge in [0.25, 0.3) is 0 Å². The maximum atomic E-state index is 13.8. The molecule has 0 aromatic heterocycles. The Kier molecular flexibility index (Phi) is 5.69. The van der Waals surface area contributed by atoms with Gasteiger partial charge in [0.2, 0.25) is 11.8 Å². The van der Waals surface area contributed by atoms with E-state index >= 15 is 0 Å². The van der Waals surface area contributed by atoms with Crippen molar-refractivity contribution in [2.24, 2.45) is 0 Å². The van der Waals surface area contributed by atoms with Gasteiger partial charge in [0.05, 0.1) is 22.4 Å². The van der Waals surface area contributed by atoms with Gasteiger partial charge in [0.15, 0.2) is 0 Å². The van der Waals surface area contributed by atoms with E-state index in [0.29, 0.717) is 22.0 Å². The third-order valence-corrected chi connectivity index (χ3v) is 5.03. The topological polar surface area (TPSA) is 61.4 Å². The van der Waals surface area contributed by atoms with Crippen molar-refractivity contribution in [3.8, 4) is 0 Å². The largest absolute Gasteiger partial charge is 0.323 e. The van der Waals surface area contributed by atoms with Gasteiger partial charge in [-0.3, -0.25) is 19.8 Å². The lowest BCUT2D eigenvalue weighted by atomic mass is 10.1. The zero-order valence-corrected chi connectivity index (χ0v) is 16.2. The molecule has 0 radical (unpaired) electrons. The summed E-state index contributed by atoms with van der Waals surface area (Å²) in [6.45, 7) is 3.40. The number of carbonyl (C=O) groups is 2. The average molecular weight is 410 g/mol. The van der Waals surface area contributed by atoms with E-state index in [0.717, 1.165) is 0 Å². The van der Waals surface area contributed by atoms with Crippen molar-refractivity contribution in [1.82, 2.24) is 5.32 Å². The number of rotatable bonds is 4. The number of hydrogen-bond donors (Lipinski definition) is 2. The summed E-state index contributed by atoms with van der Waals surface area (Å²) in [7, 11) is 0. The minimum Gasteiger partial charge on any atom is -0.323 e. The van der Waals surface area contributed by atoms with E-state index in [9.17, 15) is 14.0 Å². The number of halogens is 3. The van der Waals surface area contributed by atoms with Gasteiger partial charge in [-0.1, -0.05) is 35.3 Å². The van der Waals surface area contributed by atoms with Crippen LogP contribution in [0.4, 0.5) is 15.8 Å². The molecule has 1 aliphatic rings. The van der Waals surface area contributed by atoms with Crippen molar-refractivity contribution in [3.63, 3.8) is 0 Å². The lowest BCUT2D eigenvalue weighted by molar-refractivity contribution is -0.123. The normalized spacial score (nSPS) is 15.7. The Balaban J connectivity index is 1.78. The third kappa shape index (κ3) is 4.08. The minimum atomic E-state index is -0.631. The third-order valence-electron chi connectivity index (χ3n) is 4.41. The van der Waals surface area contributed by atoms with Crippen LogP contribution in [-0.2, 0) is 9.59 Å². The maximum Gasteiger partial charge on any atom is 0.244 e. The highest BCUT2D eigenvalue weighted by molar-refractivity contribution is 6.35. The van der Waals surface area contributed by atoms with E-state index in [2.05, 4.69) is 10.6 Å². The number of fused-ring (bicyclic) bond motifs is 1. The molecule has 2 aromatic carbocycles. The summed E-state index contributed by atoms with van der Waals surface area (Å²) in [5.41, 5.74) is 1.72. The zero-order chi connectivity index (χ0) is 19.7. The monoisotopic (exact) mass is 409 g/mol. The zero-order valence-electron chi connectivity index (χ0n) is 14.7. The van der Waals surface area contributed by atoms with Crippen molar-refractivity contribution >= 4 is 46.4 Å². The van der Waals surface area contributed by atoms with Crippen molar-refractivity contribution in [3.05, 3.63) is 57.8 Å². The molecule has 8 heteroatoms. The molecular weight excluding hydrogens is 392 g/mol. The molecule has 0 saturated carbocycles. The Morgan fingerprint density at radius 2 is 1.93 bits per heavy atom. The molecule has 142 valence electrons. The fourth-order valence-electron chi connectivity index (χ4n) is 3.07. The van der Waals surface area contributed by atoms with Gasteiger partial charge in [-0.05, 0) is 43.7 Å². The lowest BCUT2D eigenvalue weighted by Gasteiger charge is -2.32. The number of carbonyl (C=O) groups excluding carboxylic acids is 2. The smallest absolute Gasteiger partial charge is 0.244 e. The number of nitrogens with zero attached hydrogens (tertiary/aromatic N) is 1. The van der Waals surface area contributed by atoms with Crippen molar-refractivity contribution in [2.45, 2.75) is 25.9 Å². The van der Waals surface area contributed by atoms with Crippen LogP contribution in [-0.4, -0.2) is 24.4 Å². The van der Waals surface area contributed by atoms with Crippen LogP contribution in [0.3, 0.4) is 0 Å². The molecule has 27 heavy (non-hydrogen) atoms. The van der Waals surface area contributed by atoms with Crippen LogP contribution < -0.4 is 15.5 Å². The first-order chi connectivity index (χ1) is 12.8. The van der Waals surface area contributed by atoms with Gasteiger partial charge in [0, 0.05) is 11.1 Å². The molecule has 3 rings (SSSR count). The summed E-state index contributed by atoms with van der Waals surface area (Å²) >= 11 is 11.9. The Labute approximate surface area is 166 Å². The fourth-order valence-corrected chi connectivity index (χ4v) is 3.62. The molecule has 2 amide bonds. The molecule has 2 atom stereocenters. The van der Waals surface area contributed by atoms with Gasteiger partial charge >= 0.3 is 0 Å².